The number of fused-ring (bicyclic) bond motifs is 1. The van der Waals surface area contributed by atoms with E-state index in [2.05, 4.69) is 10.5 Å². The number of rotatable bonds is 3. The first-order chi connectivity index (χ1) is 9.72. The van der Waals surface area contributed by atoms with Gasteiger partial charge in [0.15, 0.2) is 5.58 Å². The fourth-order valence-corrected chi connectivity index (χ4v) is 2.76. The van der Waals surface area contributed by atoms with Gasteiger partial charge in [0.2, 0.25) is 5.91 Å². The van der Waals surface area contributed by atoms with Crippen LogP contribution in [0.25, 0.3) is 11.0 Å². The van der Waals surface area contributed by atoms with Gasteiger partial charge in [-0.05, 0) is 37.8 Å². The molecule has 1 aromatic heterocycles. The summed E-state index contributed by atoms with van der Waals surface area (Å²) in [7, 11) is 0. The zero-order valence-corrected chi connectivity index (χ0v) is 11.3. The first kappa shape index (κ1) is 13.1. The number of carbonyl (C=O) groups is 1. The Bertz CT molecular complexity index is 600. The van der Waals surface area contributed by atoms with Crippen LogP contribution in [-0.2, 0) is 11.2 Å². The van der Waals surface area contributed by atoms with E-state index in [1.807, 2.05) is 24.3 Å². The van der Waals surface area contributed by atoms with Crippen LogP contribution in [0.1, 0.15) is 31.4 Å². The Balaban J connectivity index is 1.61. The molecule has 5 nitrogen and oxygen atoms in total. The smallest absolute Gasteiger partial charge is 0.226 e. The SMILES string of the molecule is NC1CCC(NC(=O)Cc2noc3ccccc23)CC1. The summed E-state index contributed by atoms with van der Waals surface area (Å²) < 4.78 is 5.21. The van der Waals surface area contributed by atoms with Crippen LogP contribution < -0.4 is 11.1 Å². The third-order valence-electron chi connectivity index (χ3n) is 3.92. The number of hydrogen-bond donors (Lipinski definition) is 2. The van der Waals surface area contributed by atoms with Crippen molar-refractivity contribution >= 4 is 16.9 Å². The molecule has 3 rings (SSSR count). The molecule has 106 valence electrons. The van der Waals surface area contributed by atoms with E-state index in [4.69, 9.17) is 10.3 Å². The first-order valence-electron chi connectivity index (χ1n) is 7.10. The van der Waals surface area contributed by atoms with Crippen LogP contribution in [0.3, 0.4) is 0 Å². The molecule has 1 aliphatic rings. The van der Waals surface area contributed by atoms with Gasteiger partial charge in [0.05, 0.1) is 6.42 Å². The van der Waals surface area contributed by atoms with E-state index in [1.54, 1.807) is 0 Å². The Morgan fingerprint density at radius 3 is 2.85 bits per heavy atom. The Hall–Kier alpha value is -1.88. The van der Waals surface area contributed by atoms with Crippen molar-refractivity contribution in [2.45, 2.75) is 44.2 Å². The van der Waals surface area contributed by atoms with Crippen molar-refractivity contribution in [2.24, 2.45) is 5.73 Å². The highest BCUT2D eigenvalue weighted by molar-refractivity contribution is 5.86. The average Bonchev–Trinajstić information content (AvgIpc) is 2.85. The number of hydrogen-bond acceptors (Lipinski definition) is 4. The number of aromatic nitrogens is 1. The highest BCUT2D eigenvalue weighted by Crippen LogP contribution is 2.19. The molecular formula is C15H19N3O2. The number of amides is 1. The summed E-state index contributed by atoms with van der Waals surface area (Å²) in [6.07, 6.45) is 4.16. The Labute approximate surface area is 117 Å². The Morgan fingerprint density at radius 1 is 1.30 bits per heavy atom. The minimum absolute atomic E-state index is 0.00419. The third kappa shape index (κ3) is 2.82. The minimum Gasteiger partial charge on any atom is -0.356 e. The molecule has 1 fully saturated rings. The molecule has 0 bridgehead atoms. The van der Waals surface area contributed by atoms with E-state index in [0.29, 0.717) is 11.7 Å². The van der Waals surface area contributed by atoms with Crippen LogP contribution >= 0.6 is 0 Å². The predicted molar refractivity (Wildman–Crippen MR) is 76.1 cm³/mol. The largest absolute Gasteiger partial charge is 0.356 e. The van der Waals surface area contributed by atoms with E-state index < -0.39 is 0 Å². The minimum atomic E-state index is 0.00419. The molecular weight excluding hydrogens is 254 g/mol. The zero-order valence-electron chi connectivity index (χ0n) is 11.3. The Morgan fingerprint density at radius 2 is 2.05 bits per heavy atom. The second-order valence-corrected chi connectivity index (χ2v) is 5.48. The second kappa shape index (κ2) is 5.63. The van der Waals surface area contributed by atoms with E-state index >= 15 is 0 Å². The Kier molecular flexibility index (Phi) is 3.69. The molecule has 0 aliphatic heterocycles. The number of carbonyl (C=O) groups excluding carboxylic acids is 1. The predicted octanol–water partition coefficient (Wildman–Crippen LogP) is 1.76. The molecule has 0 atom stereocenters. The lowest BCUT2D eigenvalue weighted by Gasteiger charge is -2.26. The first-order valence-corrected chi connectivity index (χ1v) is 7.10. The van der Waals surface area contributed by atoms with Gasteiger partial charge in [-0.2, -0.15) is 0 Å². The van der Waals surface area contributed by atoms with E-state index in [0.717, 1.165) is 36.7 Å². The molecule has 0 radical (unpaired) electrons. The lowest BCUT2D eigenvalue weighted by atomic mass is 9.92. The number of nitrogens with two attached hydrogens (primary N) is 1. The van der Waals surface area contributed by atoms with Gasteiger partial charge in [0, 0.05) is 17.5 Å². The second-order valence-electron chi connectivity index (χ2n) is 5.48. The van der Waals surface area contributed by atoms with Gasteiger partial charge in [-0.3, -0.25) is 4.79 Å². The summed E-state index contributed by atoms with van der Waals surface area (Å²) in [5, 5.41) is 7.96. The zero-order chi connectivity index (χ0) is 13.9. The van der Waals surface area contributed by atoms with Crippen LogP contribution in [0, 0.1) is 0 Å². The van der Waals surface area contributed by atoms with Crippen LogP contribution in [0.2, 0.25) is 0 Å². The standard InChI is InChI=1S/C15H19N3O2/c16-10-5-7-11(8-6-10)17-15(19)9-13-12-3-1-2-4-14(12)20-18-13/h1-4,10-11H,5-9,16H2,(H,17,19). The van der Waals surface area contributed by atoms with E-state index in [-0.39, 0.29) is 18.4 Å². The molecule has 3 N–H and O–H groups in total. The number of nitrogens with one attached hydrogen (secondary N) is 1. The van der Waals surface area contributed by atoms with Crippen LogP contribution in [-0.4, -0.2) is 23.1 Å². The van der Waals surface area contributed by atoms with Crippen molar-refractivity contribution in [1.82, 2.24) is 10.5 Å². The lowest BCUT2D eigenvalue weighted by Crippen LogP contribution is -2.41. The maximum absolute atomic E-state index is 12.1. The number of nitrogens with zero attached hydrogens (tertiary/aromatic N) is 1. The summed E-state index contributed by atoms with van der Waals surface area (Å²) in [5.74, 6) is 0.00419. The van der Waals surface area contributed by atoms with Gasteiger partial charge in [0.1, 0.15) is 5.69 Å². The topological polar surface area (TPSA) is 81.1 Å². The lowest BCUT2D eigenvalue weighted by molar-refractivity contribution is -0.121. The number of benzene rings is 1. The molecule has 1 aliphatic carbocycles. The molecule has 0 spiro atoms. The van der Waals surface area contributed by atoms with Gasteiger partial charge in [-0.15, -0.1) is 0 Å². The van der Waals surface area contributed by atoms with Crippen LogP contribution in [0.15, 0.2) is 28.8 Å². The molecule has 5 heteroatoms. The van der Waals surface area contributed by atoms with E-state index in [1.165, 1.54) is 0 Å². The van der Waals surface area contributed by atoms with Gasteiger partial charge >= 0.3 is 0 Å². The summed E-state index contributed by atoms with van der Waals surface area (Å²) in [6, 6.07) is 8.13. The molecule has 1 saturated carbocycles. The van der Waals surface area contributed by atoms with Crippen molar-refractivity contribution in [1.29, 1.82) is 0 Å². The molecule has 1 amide bonds. The van der Waals surface area contributed by atoms with Gasteiger partial charge < -0.3 is 15.6 Å². The van der Waals surface area contributed by atoms with Crippen molar-refractivity contribution in [3.05, 3.63) is 30.0 Å². The van der Waals surface area contributed by atoms with Crippen LogP contribution in [0.5, 0.6) is 0 Å². The monoisotopic (exact) mass is 273 g/mol. The highest BCUT2D eigenvalue weighted by Gasteiger charge is 2.21. The summed E-state index contributed by atoms with van der Waals surface area (Å²) in [4.78, 5) is 12.1. The normalized spacial score (nSPS) is 22.9. The quantitative estimate of drug-likeness (QED) is 0.892. The van der Waals surface area contributed by atoms with Crippen molar-refractivity contribution < 1.29 is 9.32 Å². The maximum Gasteiger partial charge on any atom is 0.226 e. The van der Waals surface area contributed by atoms with Crippen molar-refractivity contribution in [2.75, 3.05) is 0 Å². The van der Waals surface area contributed by atoms with E-state index in [9.17, 15) is 4.79 Å². The molecule has 1 heterocycles. The van der Waals surface area contributed by atoms with Gasteiger partial charge in [-0.25, -0.2) is 0 Å². The molecule has 0 saturated heterocycles. The maximum atomic E-state index is 12.1. The number of para-hydroxylation sites is 1. The summed E-state index contributed by atoms with van der Waals surface area (Å²) >= 11 is 0. The third-order valence-corrected chi connectivity index (χ3v) is 3.92. The molecule has 20 heavy (non-hydrogen) atoms. The van der Waals surface area contributed by atoms with Crippen molar-refractivity contribution in [3.63, 3.8) is 0 Å². The molecule has 1 aromatic carbocycles. The molecule has 0 unspecified atom stereocenters. The van der Waals surface area contributed by atoms with Crippen molar-refractivity contribution in [3.8, 4) is 0 Å². The fourth-order valence-electron chi connectivity index (χ4n) is 2.76. The fraction of sp³-hybridized carbons (Fsp3) is 0.467. The summed E-state index contributed by atoms with van der Waals surface area (Å²) in [5.41, 5.74) is 7.29. The van der Waals surface area contributed by atoms with Gasteiger partial charge in [0.25, 0.3) is 0 Å². The molecule has 2 aromatic rings. The van der Waals surface area contributed by atoms with Gasteiger partial charge in [-0.1, -0.05) is 17.3 Å². The van der Waals surface area contributed by atoms with Crippen LogP contribution in [0.4, 0.5) is 0 Å². The highest BCUT2D eigenvalue weighted by atomic mass is 16.5. The summed E-state index contributed by atoms with van der Waals surface area (Å²) in [6.45, 7) is 0. The average molecular weight is 273 g/mol.